The molecule has 0 unspecified atom stereocenters. The Balaban J connectivity index is 2.11. The zero-order valence-electron chi connectivity index (χ0n) is 20.0. The molecule has 0 aliphatic heterocycles. The maximum atomic E-state index is 13.1. The zero-order valence-corrected chi connectivity index (χ0v) is 21.5. The molecule has 0 saturated heterocycles. The van der Waals surface area contributed by atoms with E-state index in [0.29, 0.717) is 40.9 Å². The summed E-state index contributed by atoms with van der Waals surface area (Å²) in [6.45, 7) is 9.28. The topological polar surface area (TPSA) is 83.4 Å². The molecule has 0 fully saturated rings. The molecule has 1 N–H and O–H groups in total. The van der Waals surface area contributed by atoms with Crippen molar-refractivity contribution in [2.45, 2.75) is 32.6 Å². The zero-order chi connectivity index (χ0) is 24.9. The van der Waals surface area contributed by atoms with Crippen LogP contribution in [0.15, 0.2) is 69.7 Å². The molecule has 0 saturated carbocycles. The molecule has 7 nitrogen and oxygen atoms in total. The van der Waals surface area contributed by atoms with Crippen LogP contribution in [0.5, 0.6) is 5.75 Å². The van der Waals surface area contributed by atoms with Gasteiger partial charge in [0.25, 0.3) is 10.0 Å². The van der Waals surface area contributed by atoms with Crippen LogP contribution in [0.25, 0.3) is 0 Å². The number of halogens is 1. The third kappa shape index (κ3) is 5.87. The summed E-state index contributed by atoms with van der Waals surface area (Å²) in [5.74, 6) is 0.557. The lowest BCUT2D eigenvalue weighted by Gasteiger charge is -2.23. The fourth-order valence-corrected chi connectivity index (χ4v) is 4.77. The van der Waals surface area contributed by atoms with Crippen LogP contribution >= 0.6 is 11.6 Å². The Bertz CT molecular complexity index is 1290. The molecular formula is C25H29ClN4O3S. The highest BCUT2D eigenvalue weighted by molar-refractivity contribution is 7.92. The van der Waals surface area contributed by atoms with Gasteiger partial charge in [0.2, 0.25) is 0 Å². The van der Waals surface area contributed by atoms with Crippen LogP contribution < -0.4 is 14.4 Å². The van der Waals surface area contributed by atoms with Gasteiger partial charge in [-0.2, -0.15) is 0 Å². The molecular weight excluding hydrogens is 472 g/mol. The van der Waals surface area contributed by atoms with Crippen LogP contribution in [0.4, 0.5) is 22.7 Å². The van der Waals surface area contributed by atoms with E-state index < -0.39 is 10.0 Å². The third-order valence-corrected chi connectivity index (χ3v) is 7.03. The summed E-state index contributed by atoms with van der Waals surface area (Å²) in [7, 11) is -2.31. The first kappa shape index (κ1) is 25.5. The van der Waals surface area contributed by atoms with Crippen molar-refractivity contribution in [2.75, 3.05) is 29.8 Å². The van der Waals surface area contributed by atoms with Gasteiger partial charge in [-0.25, -0.2) is 8.42 Å². The highest BCUT2D eigenvalue weighted by Gasteiger charge is 2.19. The first-order valence-corrected chi connectivity index (χ1v) is 12.8. The van der Waals surface area contributed by atoms with E-state index in [1.807, 2.05) is 44.7 Å². The number of methoxy groups -OCH3 is 1. The number of hydrogen-bond donors (Lipinski definition) is 1. The average Bonchev–Trinajstić information content (AvgIpc) is 2.80. The molecule has 0 aromatic heterocycles. The highest BCUT2D eigenvalue weighted by Crippen LogP contribution is 2.39. The summed E-state index contributed by atoms with van der Waals surface area (Å²) in [6.07, 6.45) is 0. The van der Waals surface area contributed by atoms with Crippen LogP contribution in [0.1, 0.15) is 25.0 Å². The minimum atomic E-state index is -3.86. The van der Waals surface area contributed by atoms with Crippen molar-refractivity contribution in [3.05, 3.63) is 70.7 Å². The summed E-state index contributed by atoms with van der Waals surface area (Å²) in [5, 5.41) is 9.13. The maximum absolute atomic E-state index is 13.1. The Morgan fingerprint density at radius 2 is 1.53 bits per heavy atom. The molecule has 0 bridgehead atoms. The lowest BCUT2D eigenvalue weighted by atomic mass is 10.2. The van der Waals surface area contributed by atoms with Crippen LogP contribution in [0.2, 0.25) is 5.02 Å². The second kappa shape index (κ2) is 10.9. The monoisotopic (exact) mass is 500 g/mol. The number of nitrogens with zero attached hydrogens (tertiary/aromatic N) is 3. The number of aryl methyl sites for hydroxylation is 2. The van der Waals surface area contributed by atoms with E-state index in [1.165, 1.54) is 0 Å². The van der Waals surface area contributed by atoms with Gasteiger partial charge in [-0.3, -0.25) is 4.72 Å². The van der Waals surface area contributed by atoms with Gasteiger partial charge in [0.15, 0.2) is 0 Å². The molecule has 0 spiro atoms. The van der Waals surface area contributed by atoms with Crippen molar-refractivity contribution in [3.63, 3.8) is 0 Å². The second-order valence-electron chi connectivity index (χ2n) is 7.79. The number of nitrogens with one attached hydrogen (secondary N) is 1. The largest absolute Gasteiger partial charge is 0.494 e. The number of ether oxygens (including phenoxy) is 1. The number of sulfonamides is 1. The van der Waals surface area contributed by atoms with Crippen LogP contribution in [0, 0.1) is 13.8 Å². The van der Waals surface area contributed by atoms with Crippen molar-refractivity contribution in [2.24, 2.45) is 10.2 Å². The summed E-state index contributed by atoms with van der Waals surface area (Å²) < 4.78 is 34.3. The molecule has 3 rings (SSSR count). The van der Waals surface area contributed by atoms with Gasteiger partial charge in [-0.1, -0.05) is 35.4 Å². The molecule has 180 valence electrons. The van der Waals surface area contributed by atoms with Gasteiger partial charge in [-0.05, 0) is 69.7 Å². The smallest absolute Gasteiger partial charge is 0.261 e. The Morgan fingerprint density at radius 1 is 0.912 bits per heavy atom. The van der Waals surface area contributed by atoms with Gasteiger partial charge >= 0.3 is 0 Å². The third-order valence-electron chi connectivity index (χ3n) is 5.34. The van der Waals surface area contributed by atoms with Crippen molar-refractivity contribution in [1.29, 1.82) is 0 Å². The van der Waals surface area contributed by atoms with E-state index in [9.17, 15) is 8.42 Å². The van der Waals surface area contributed by atoms with E-state index in [4.69, 9.17) is 16.3 Å². The Kier molecular flexibility index (Phi) is 8.17. The van der Waals surface area contributed by atoms with Gasteiger partial charge in [0.1, 0.15) is 17.1 Å². The Morgan fingerprint density at radius 3 is 2.15 bits per heavy atom. The quantitative estimate of drug-likeness (QED) is 0.320. The number of benzene rings is 3. The normalized spacial score (nSPS) is 11.6. The summed E-state index contributed by atoms with van der Waals surface area (Å²) >= 11 is 6.58. The highest BCUT2D eigenvalue weighted by atomic mass is 35.5. The van der Waals surface area contributed by atoms with Crippen molar-refractivity contribution in [1.82, 2.24) is 0 Å². The molecule has 9 heteroatoms. The van der Waals surface area contributed by atoms with Gasteiger partial charge in [0.05, 0.1) is 28.4 Å². The Labute approximate surface area is 206 Å². The van der Waals surface area contributed by atoms with Crippen LogP contribution in [-0.4, -0.2) is 28.6 Å². The number of rotatable bonds is 9. The lowest BCUT2D eigenvalue weighted by molar-refractivity contribution is 0.415. The lowest BCUT2D eigenvalue weighted by Crippen LogP contribution is -2.22. The molecule has 3 aromatic carbocycles. The van der Waals surface area contributed by atoms with Crippen molar-refractivity contribution in [3.8, 4) is 5.75 Å². The molecule has 0 aliphatic rings. The summed E-state index contributed by atoms with van der Waals surface area (Å²) in [4.78, 5) is 2.19. The van der Waals surface area contributed by atoms with E-state index in [1.54, 1.807) is 49.6 Å². The summed E-state index contributed by atoms with van der Waals surface area (Å²) in [5.41, 5.74) is 3.77. The minimum absolute atomic E-state index is 0.153. The predicted molar refractivity (Wildman–Crippen MR) is 139 cm³/mol. The van der Waals surface area contributed by atoms with Crippen molar-refractivity contribution < 1.29 is 13.2 Å². The molecule has 0 heterocycles. The van der Waals surface area contributed by atoms with E-state index in [2.05, 4.69) is 15.0 Å². The summed E-state index contributed by atoms with van der Waals surface area (Å²) in [6, 6.07) is 15.5. The molecule has 0 aliphatic carbocycles. The standard InChI is InChI=1S/C25H29ClN4O3S/c1-6-30(7-2)24-16-22(29-34(31,32)19-11-8-17(3)9-12-19)21(15-20(24)26)27-28-23-14-18(4)10-13-25(23)33-5/h8-16,29H,6-7H2,1-5H3. The van der Waals surface area contributed by atoms with Gasteiger partial charge in [0, 0.05) is 13.1 Å². The first-order chi connectivity index (χ1) is 16.2. The van der Waals surface area contributed by atoms with Crippen LogP contribution in [0.3, 0.4) is 0 Å². The first-order valence-electron chi connectivity index (χ1n) is 10.9. The van der Waals surface area contributed by atoms with E-state index >= 15 is 0 Å². The van der Waals surface area contributed by atoms with E-state index in [0.717, 1.165) is 11.1 Å². The van der Waals surface area contributed by atoms with Crippen molar-refractivity contribution >= 4 is 44.4 Å². The SMILES string of the molecule is CCN(CC)c1cc(NS(=O)(=O)c2ccc(C)cc2)c(N=Nc2cc(C)ccc2OC)cc1Cl. The molecule has 0 radical (unpaired) electrons. The minimum Gasteiger partial charge on any atom is -0.494 e. The molecule has 3 aromatic rings. The van der Waals surface area contributed by atoms with Gasteiger partial charge in [-0.15, -0.1) is 10.2 Å². The maximum Gasteiger partial charge on any atom is 0.261 e. The fraction of sp³-hybridized carbons (Fsp3) is 0.280. The Hall–Kier alpha value is -3.10. The second-order valence-corrected chi connectivity index (χ2v) is 9.88. The number of hydrogen-bond acceptors (Lipinski definition) is 6. The number of azo groups is 1. The predicted octanol–water partition coefficient (Wildman–Crippen LogP) is 7.03. The fourth-order valence-electron chi connectivity index (χ4n) is 3.43. The van der Waals surface area contributed by atoms with E-state index in [-0.39, 0.29) is 10.6 Å². The average molecular weight is 501 g/mol. The van der Waals surface area contributed by atoms with Gasteiger partial charge < -0.3 is 9.64 Å². The molecule has 0 amide bonds. The molecule has 34 heavy (non-hydrogen) atoms. The number of anilines is 2. The van der Waals surface area contributed by atoms with Crippen LogP contribution in [-0.2, 0) is 10.0 Å². The molecule has 0 atom stereocenters.